The van der Waals surface area contributed by atoms with Gasteiger partial charge in [0.25, 0.3) is 5.69 Å². The minimum absolute atomic E-state index is 0.160. The van der Waals surface area contributed by atoms with Crippen molar-refractivity contribution in [3.05, 3.63) is 52.8 Å². The number of nitrogens with one attached hydrogen (secondary N) is 1. The van der Waals surface area contributed by atoms with E-state index in [0.29, 0.717) is 32.1 Å². The molecule has 134 valence electrons. The summed E-state index contributed by atoms with van der Waals surface area (Å²) in [6, 6.07) is 7.17. The molecule has 26 heavy (non-hydrogen) atoms. The van der Waals surface area contributed by atoms with Crippen LogP contribution in [0, 0.1) is 10.1 Å². The standard InChI is InChI=1S/C16H16N6O4/c23-14(19-12-3-1-4-13(11-12)22(25)26)15(24)20-7-9-21(10-8-20)16-17-5-2-6-18-16/h1-6,11H,7-10H2,(H,19,23). The Morgan fingerprint density at radius 3 is 2.42 bits per heavy atom. The number of amides is 2. The molecule has 1 saturated heterocycles. The van der Waals surface area contributed by atoms with E-state index >= 15 is 0 Å². The Balaban J connectivity index is 1.57. The zero-order chi connectivity index (χ0) is 18.5. The van der Waals surface area contributed by atoms with Crippen molar-refractivity contribution in [1.82, 2.24) is 14.9 Å². The van der Waals surface area contributed by atoms with Crippen LogP contribution >= 0.6 is 0 Å². The fourth-order valence-electron chi connectivity index (χ4n) is 2.59. The lowest BCUT2D eigenvalue weighted by molar-refractivity contribution is -0.384. The SMILES string of the molecule is O=C(Nc1cccc([N+](=O)[O-])c1)C(=O)N1CCN(c2ncccn2)CC1. The minimum atomic E-state index is -0.824. The fourth-order valence-corrected chi connectivity index (χ4v) is 2.59. The van der Waals surface area contributed by atoms with Gasteiger partial charge in [-0.15, -0.1) is 0 Å². The van der Waals surface area contributed by atoms with Gasteiger partial charge in [-0.05, 0) is 12.1 Å². The van der Waals surface area contributed by atoms with Crippen LogP contribution in [0.5, 0.6) is 0 Å². The van der Waals surface area contributed by atoms with Crippen LogP contribution in [0.2, 0.25) is 0 Å². The van der Waals surface area contributed by atoms with Gasteiger partial charge >= 0.3 is 11.8 Å². The molecule has 0 atom stereocenters. The summed E-state index contributed by atoms with van der Waals surface area (Å²) in [6.07, 6.45) is 3.29. The fraction of sp³-hybridized carbons (Fsp3) is 0.250. The van der Waals surface area contributed by atoms with E-state index in [9.17, 15) is 19.7 Å². The zero-order valence-electron chi connectivity index (χ0n) is 13.7. The van der Waals surface area contributed by atoms with Gasteiger partial charge < -0.3 is 15.1 Å². The summed E-state index contributed by atoms with van der Waals surface area (Å²) < 4.78 is 0. The number of non-ortho nitro benzene ring substituents is 1. The van der Waals surface area contributed by atoms with Crippen LogP contribution in [0.4, 0.5) is 17.3 Å². The second-order valence-electron chi connectivity index (χ2n) is 5.59. The van der Waals surface area contributed by atoms with Crippen molar-refractivity contribution in [3.8, 4) is 0 Å². The maximum Gasteiger partial charge on any atom is 0.313 e. The van der Waals surface area contributed by atoms with Crippen molar-refractivity contribution in [1.29, 1.82) is 0 Å². The highest BCUT2D eigenvalue weighted by molar-refractivity contribution is 6.39. The van der Waals surface area contributed by atoms with Gasteiger partial charge in [0.05, 0.1) is 4.92 Å². The summed E-state index contributed by atoms with van der Waals surface area (Å²) in [5.74, 6) is -0.916. The van der Waals surface area contributed by atoms with Crippen LogP contribution < -0.4 is 10.2 Å². The average Bonchev–Trinajstić information content (AvgIpc) is 2.68. The largest absolute Gasteiger partial charge is 0.337 e. The number of carbonyl (C=O) groups excluding carboxylic acids is 2. The van der Waals surface area contributed by atoms with Crippen LogP contribution in [-0.2, 0) is 9.59 Å². The molecule has 1 N–H and O–H groups in total. The van der Waals surface area contributed by atoms with Gasteiger partial charge in [-0.25, -0.2) is 9.97 Å². The second-order valence-corrected chi connectivity index (χ2v) is 5.59. The van der Waals surface area contributed by atoms with Gasteiger partial charge in [0.2, 0.25) is 5.95 Å². The summed E-state index contributed by atoms with van der Waals surface area (Å²) in [5.41, 5.74) is 0.0422. The number of nitrogens with zero attached hydrogens (tertiary/aromatic N) is 5. The first-order valence-electron chi connectivity index (χ1n) is 7.91. The number of anilines is 2. The smallest absolute Gasteiger partial charge is 0.313 e. The van der Waals surface area contributed by atoms with Crippen LogP contribution in [0.25, 0.3) is 0 Å². The second kappa shape index (κ2) is 7.55. The normalized spacial score (nSPS) is 14.0. The Morgan fingerprint density at radius 1 is 1.08 bits per heavy atom. The third-order valence-electron chi connectivity index (χ3n) is 3.91. The quantitative estimate of drug-likeness (QED) is 0.487. The van der Waals surface area contributed by atoms with Crippen LogP contribution in [0.1, 0.15) is 0 Å². The minimum Gasteiger partial charge on any atom is -0.337 e. The molecule has 1 fully saturated rings. The highest BCUT2D eigenvalue weighted by Crippen LogP contribution is 2.17. The monoisotopic (exact) mass is 356 g/mol. The molecule has 10 heteroatoms. The van der Waals surface area contributed by atoms with Gasteiger partial charge in [0.15, 0.2) is 0 Å². The lowest BCUT2D eigenvalue weighted by Gasteiger charge is -2.34. The average molecular weight is 356 g/mol. The van der Waals surface area contributed by atoms with Gasteiger partial charge in [0.1, 0.15) is 0 Å². The molecule has 2 aromatic rings. The first-order chi connectivity index (χ1) is 12.5. The Labute approximate surface area is 148 Å². The van der Waals surface area contributed by atoms with Crippen molar-refractivity contribution in [2.24, 2.45) is 0 Å². The first kappa shape index (κ1) is 17.3. The Morgan fingerprint density at radius 2 is 1.77 bits per heavy atom. The van der Waals surface area contributed by atoms with Gasteiger partial charge in [-0.1, -0.05) is 6.07 Å². The van der Waals surface area contributed by atoms with E-state index in [4.69, 9.17) is 0 Å². The maximum atomic E-state index is 12.3. The lowest BCUT2D eigenvalue weighted by Crippen LogP contribution is -2.52. The Bertz CT molecular complexity index is 820. The van der Waals surface area contributed by atoms with Crippen molar-refractivity contribution in [2.75, 3.05) is 36.4 Å². The molecule has 1 aromatic heterocycles. The molecule has 2 amide bonds. The van der Waals surface area contributed by atoms with Crippen molar-refractivity contribution in [3.63, 3.8) is 0 Å². The number of hydrogen-bond acceptors (Lipinski definition) is 7. The number of benzene rings is 1. The molecular formula is C16H16N6O4. The van der Waals surface area contributed by atoms with Gasteiger partial charge in [-0.2, -0.15) is 0 Å². The van der Waals surface area contributed by atoms with Crippen LogP contribution in [0.3, 0.4) is 0 Å². The highest BCUT2D eigenvalue weighted by Gasteiger charge is 2.27. The van der Waals surface area contributed by atoms with Gasteiger partial charge in [-0.3, -0.25) is 19.7 Å². The molecule has 1 aliphatic heterocycles. The van der Waals surface area contributed by atoms with E-state index in [1.807, 2.05) is 4.90 Å². The highest BCUT2D eigenvalue weighted by atomic mass is 16.6. The van der Waals surface area contributed by atoms with E-state index in [-0.39, 0.29) is 11.4 Å². The molecule has 10 nitrogen and oxygen atoms in total. The maximum absolute atomic E-state index is 12.3. The molecule has 2 heterocycles. The van der Waals surface area contributed by atoms with Crippen molar-refractivity contribution < 1.29 is 14.5 Å². The van der Waals surface area contributed by atoms with E-state index in [1.165, 1.54) is 29.2 Å². The first-order valence-corrected chi connectivity index (χ1v) is 7.91. The molecule has 0 spiro atoms. The number of aromatic nitrogens is 2. The van der Waals surface area contributed by atoms with Gasteiger partial charge in [0, 0.05) is 56.4 Å². The van der Waals surface area contributed by atoms with Crippen LogP contribution in [-0.4, -0.2) is 57.8 Å². The summed E-state index contributed by atoms with van der Waals surface area (Å²) >= 11 is 0. The molecule has 1 aliphatic rings. The summed E-state index contributed by atoms with van der Waals surface area (Å²) in [7, 11) is 0. The topological polar surface area (TPSA) is 122 Å². The number of carbonyl (C=O) groups is 2. The van der Waals surface area contributed by atoms with Crippen LogP contribution in [0.15, 0.2) is 42.7 Å². The van der Waals surface area contributed by atoms with E-state index in [1.54, 1.807) is 18.5 Å². The predicted octanol–water partition coefficient (Wildman–Crippen LogP) is 0.672. The van der Waals surface area contributed by atoms with Crippen molar-refractivity contribution in [2.45, 2.75) is 0 Å². The number of rotatable bonds is 3. The molecule has 0 bridgehead atoms. The molecule has 0 unspecified atom stereocenters. The third-order valence-corrected chi connectivity index (χ3v) is 3.91. The number of hydrogen-bond donors (Lipinski definition) is 1. The van der Waals surface area contributed by atoms with Crippen molar-refractivity contribution >= 4 is 29.1 Å². The van der Waals surface area contributed by atoms with E-state index in [2.05, 4.69) is 15.3 Å². The molecule has 0 radical (unpaired) electrons. The Kier molecular flexibility index (Phi) is 5.02. The molecule has 0 saturated carbocycles. The molecular weight excluding hydrogens is 340 g/mol. The van der Waals surface area contributed by atoms with E-state index < -0.39 is 16.7 Å². The molecule has 0 aliphatic carbocycles. The Hall–Kier alpha value is -3.56. The summed E-state index contributed by atoms with van der Waals surface area (Å²) in [4.78, 5) is 46.3. The number of nitro groups is 1. The number of nitro benzene ring substituents is 1. The predicted molar refractivity (Wildman–Crippen MR) is 92.6 cm³/mol. The summed E-state index contributed by atoms with van der Waals surface area (Å²) in [6.45, 7) is 1.75. The summed E-state index contributed by atoms with van der Waals surface area (Å²) in [5, 5.41) is 13.2. The third kappa shape index (κ3) is 3.91. The number of piperazine rings is 1. The molecule has 3 rings (SSSR count). The lowest BCUT2D eigenvalue weighted by atomic mass is 10.2. The molecule has 1 aromatic carbocycles. The van der Waals surface area contributed by atoms with E-state index in [0.717, 1.165) is 0 Å². The zero-order valence-corrected chi connectivity index (χ0v) is 13.7.